The Labute approximate surface area is 92.6 Å². The molecule has 5 heteroatoms. The van der Waals surface area contributed by atoms with Crippen LogP contribution in [0.25, 0.3) is 0 Å². The number of carbonyl (C=O) groups is 2. The van der Waals surface area contributed by atoms with Gasteiger partial charge in [-0.2, -0.15) is 0 Å². The molecule has 1 aliphatic heterocycles. The van der Waals surface area contributed by atoms with Crippen LogP contribution in [-0.4, -0.2) is 31.1 Å². The van der Waals surface area contributed by atoms with Crippen LogP contribution >= 0.6 is 0 Å². The average Bonchev–Trinajstić information content (AvgIpc) is 3.09. The number of carbonyl (C=O) groups excluding carboxylic acids is 2. The van der Waals surface area contributed by atoms with Crippen LogP contribution in [0, 0.1) is 0 Å². The summed E-state index contributed by atoms with van der Waals surface area (Å²) in [6.45, 7) is 1.14. The fraction of sp³-hybridized carbons (Fsp3) is 0.273. The van der Waals surface area contributed by atoms with Crippen molar-refractivity contribution in [3.63, 3.8) is 0 Å². The topological polar surface area (TPSA) is 84.7 Å². The van der Waals surface area contributed by atoms with Crippen LogP contribution in [0.2, 0.25) is 0 Å². The first kappa shape index (κ1) is 10.6. The Morgan fingerprint density at radius 3 is 2.56 bits per heavy atom. The monoisotopic (exact) mass is 220 g/mol. The minimum Gasteiger partial charge on any atom is -0.371 e. The van der Waals surface area contributed by atoms with Gasteiger partial charge in [-0.15, -0.1) is 0 Å². The molecule has 0 aromatic heterocycles. The molecule has 5 nitrogen and oxygen atoms in total. The van der Waals surface area contributed by atoms with Gasteiger partial charge in [0.05, 0.1) is 23.8 Å². The molecular formula is C11H12N2O3. The number of epoxide rings is 1. The quantitative estimate of drug-likeness (QED) is 0.696. The lowest BCUT2D eigenvalue weighted by Crippen LogP contribution is -2.29. The van der Waals surface area contributed by atoms with Gasteiger partial charge in [-0.05, 0) is 12.1 Å². The number of nitrogens with one attached hydrogen (secondary N) is 1. The van der Waals surface area contributed by atoms with Crippen molar-refractivity contribution in [2.24, 2.45) is 5.73 Å². The van der Waals surface area contributed by atoms with Crippen LogP contribution in [-0.2, 0) is 4.74 Å². The van der Waals surface area contributed by atoms with E-state index in [0.717, 1.165) is 0 Å². The van der Waals surface area contributed by atoms with Gasteiger partial charge in [0.1, 0.15) is 0 Å². The maximum Gasteiger partial charge on any atom is 0.252 e. The summed E-state index contributed by atoms with van der Waals surface area (Å²) in [7, 11) is 0. The van der Waals surface area contributed by atoms with Crippen molar-refractivity contribution in [2.45, 2.75) is 6.10 Å². The summed E-state index contributed by atoms with van der Waals surface area (Å²) in [5.41, 5.74) is 5.71. The summed E-state index contributed by atoms with van der Waals surface area (Å²) in [5, 5.41) is 2.68. The Hall–Kier alpha value is -1.88. The molecule has 1 aromatic rings. The smallest absolute Gasteiger partial charge is 0.252 e. The first-order valence-electron chi connectivity index (χ1n) is 4.97. The number of benzene rings is 1. The summed E-state index contributed by atoms with van der Waals surface area (Å²) in [6, 6.07) is 6.46. The highest BCUT2D eigenvalue weighted by Gasteiger charge is 2.23. The van der Waals surface area contributed by atoms with E-state index in [4.69, 9.17) is 10.5 Å². The van der Waals surface area contributed by atoms with Crippen LogP contribution in [0.4, 0.5) is 0 Å². The van der Waals surface area contributed by atoms with E-state index in [9.17, 15) is 9.59 Å². The standard InChI is InChI=1S/C11H12N2O3/c12-10(14)8-3-1-2-4-9(8)11(15)13-5-7-6-16-7/h1-4,7H,5-6H2,(H2,12,14)(H,13,15)/t7-/m0/s1. The summed E-state index contributed by atoms with van der Waals surface area (Å²) < 4.78 is 4.97. The SMILES string of the molecule is NC(=O)c1ccccc1C(=O)NC[C@H]1CO1. The first-order valence-corrected chi connectivity index (χ1v) is 4.97. The van der Waals surface area contributed by atoms with E-state index >= 15 is 0 Å². The van der Waals surface area contributed by atoms with Crippen molar-refractivity contribution in [2.75, 3.05) is 13.2 Å². The predicted octanol–water partition coefficient (Wildman–Crippen LogP) is -0.0859. The summed E-state index contributed by atoms with van der Waals surface area (Å²) in [4.78, 5) is 22.8. The van der Waals surface area contributed by atoms with Crippen molar-refractivity contribution < 1.29 is 14.3 Å². The zero-order chi connectivity index (χ0) is 11.5. The van der Waals surface area contributed by atoms with Gasteiger partial charge < -0.3 is 15.8 Å². The molecule has 0 saturated carbocycles. The molecule has 2 rings (SSSR count). The van der Waals surface area contributed by atoms with E-state index in [1.807, 2.05) is 0 Å². The van der Waals surface area contributed by atoms with E-state index in [-0.39, 0.29) is 17.6 Å². The largest absolute Gasteiger partial charge is 0.371 e. The fourth-order valence-electron chi connectivity index (χ4n) is 1.38. The highest BCUT2D eigenvalue weighted by atomic mass is 16.6. The van der Waals surface area contributed by atoms with E-state index in [0.29, 0.717) is 18.7 Å². The molecule has 1 saturated heterocycles. The molecule has 84 valence electrons. The minimum absolute atomic E-state index is 0.115. The van der Waals surface area contributed by atoms with Crippen molar-refractivity contribution in [3.8, 4) is 0 Å². The number of amides is 2. The van der Waals surface area contributed by atoms with Crippen molar-refractivity contribution in [1.82, 2.24) is 5.32 Å². The molecule has 16 heavy (non-hydrogen) atoms. The number of primary amides is 1. The van der Waals surface area contributed by atoms with Gasteiger partial charge in [0.15, 0.2) is 0 Å². The predicted molar refractivity (Wildman–Crippen MR) is 57.0 cm³/mol. The Morgan fingerprint density at radius 1 is 1.38 bits per heavy atom. The summed E-state index contributed by atoms with van der Waals surface area (Å²) in [6.07, 6.45) is 0.115. The molecule has 0 bridgehead atoms. The number of rotatable bonds is 4. The van der Waals surface area contributed by atoms with E-state index in [1.165, 1.54) is 6.07 Å². The Bertz CT molecular complexity index is 427. The molecule has 0 spiro atoms. The van der Waals surface area contributed by atoms with Crippen molar-refractivity contribution in [1.29, 1.82) is 0 Å². The Balaban J connectivity index is 2.11. The van der Waals surface area contributed by atoms with Crippen LogP contribution in [0.5, 0.6) is 0 Å². The maximum atomic E-state index is 11.7. The third-order valence-electron chi connectivity index (χ3n) is 2.33. The zero-order valence-corrected chi connectivity index (χ0v) is 8.60. The Kier molecular flexibility index (Phi) is 2.87. The molecule has 1 fully saturated rings. The molecule has 1 heterocycles. The Morgan fingerprint density at radius 2 is 2.00 bits per heavy atom. The molecule has 3 N–H and O–H groups in total. The van der Waals surface area contributed by atoms with Gasteiger partial charge in [0, 0.05) is 6.54 Å². The van der Waals surface area contributed by atoms with Crippen molar-refractivity contribution in [3.05, 3.63) is 35.4 Å². The molecule has 1 atom stereocenters. The van der Waals surface area contributed by atoms with Gasteiger partial charge in [-0.25, -0.2) is 0 Å². The normalized spacial score (nSPS) is 17.9. The molecule has 0 unspecified atom stereocenters. The summed E-state index contributed by atoms with van der Waals surface area (Å²) in [5.74, 6) is -0.904. The van der Waals surface area contributed by atoms with Crippen LogP contribution < -0.4 is 11.1 Å². The van der Waals surface area contributed by atoms with Crippen LogP contribution in [0.1, 0.15) is 20.7 Å². The first-order chi connectivity index (χ1) is 7.68. The molecule has 0 radical (unpaired) electrons. The summed E-state index contributed by atoms with van der Waals surface area (Å²) >= 11 is 0. The number of nitrogens with two attached hydrogens (primary N) is 1. The second-order valence-corrected chi connectivity index (χ2v) is 3.58. The molecule has 2 amide bonds. The highest BCUT2D eigenvalue weighted by molar-refractivity contribution is 6.06. The lowest BCUT2D eigenvalue weighted by Gasteiger charge is -2.06. The third kappa shape index (κ3) is 2.38. The highest BCUT2D eigenvalue weighted by Crippen LogP contribution is 2.10. The second kappa shape index (κ2) is 4.32. The number of hydrogen-bond acceptors (Lipinski definition) is 3. The molecule has 1 aliphatic rings. The van der Waals surface area contributed by atoms with E-state index < -0.39 is 5.91 Å². The van der Waals surface area contributed by atoms with Gasteiger partial charge >= 0.3 is 0 Å². The minimum atomic E-state index is -0.603. The lowest BCUT2D eigenvalue weighted by atomic mass is 10.1. The fourth-order valence-corrected chi connectivity index (χ4v) is 1.38. The zero-order valence-electron chi connectivity index (χ0n) is 8.60. The number of hydrogen-bond donors (Lipinski definition) is 2. The number of ether oxygens (including phenoxy) is 1. The third-order valence-corrected chi connectivity index (χ3v) is 2.33. The van der Waals surface area contributed by atoms with Gasteiger partial charge in [-0.3, -0.25) is 9.59 Å². The lowest BCUT2D eigenvalue weighted by molar-refractivity contribution is 0.0933. The van der Waals surface area contributed by atoms with E-state index in [2.05, 4.69) is 5.32 Å². The van der Waals surface area contributed by atoms with Crippen LogP contribution in [0.15, 0.2) is 24.3 Å². The average molecular weight is 220 g/mol. The second-order valence-electron chi connectivity index (χ2n) is 3.58. The maximum absolute atomic E-state index is 11.7. The van der Waals surface area contributed by atoms with Gasteiger partial charge in [0.25, 0.3) is 5.91 Å². The molecule has 0 aliphatic carbocycles. The van der Waals surface area contributed by atoms with Gasteiger partial charge in [-0.1, -0.05) is 12.1 Å². The van der Waals surface area contributed by atoms with Crippen molar-refractivity contribution >= 4 is 11.8 Å². The van der Waals surface area contributed by atoms with E-state index in [1.54, 1.807) is 18.2 Å². The molecular weight excluding hydrogens is 208 g/mol. The van der Waals surface area contributed by atoms with Gasteiger partial charge in [0.2, 0.25) is 5.91 Å². The molecule has 1 aromatic carbocycles. The van der Waals surface area contributed by atoms with Crippen LogP contribution in [0.3, 0.4) is 0 Å².